The molecule has 0 amide bonds. The molecule has 0 aliphatic carbocycles. The Morgan fingerprint density at radius 3 is 2.84 bits per heavy atom. The first-order chi connectivity index (χ1) is 9.00. The van der Waals surface area contributed by atoms with E-state index in [1.165, 1.54) is 12.1 Å². The van der Waals surface area contributed by atoms with Crippen LogP contribution in [-0.2, 0) is 10.0 Å². The number of hydrogen-bond acceptors (Lipinski definition) is 3. The maximum Gasteiger partial charge on any atom is 0.244 e. The van der Waals surface area contributed by atoms with Crippen molar-refractivity contribution in [3.63, 3.8) is 0 Å². The molecule has 2 rings (SSSR count). The van der Waals surface area contributed by atoms with Crippen LogP contribution in [0.1, 0.15) is 19.3 Å². The number of rotatable bonds is 4. The summed E-state index contributed by atoms with van der Waals surface area (Å²) in [7, 11) is -3.83. The second-order valence-electron chi connectivity index (χ2n) is 4.55. The second-order valence-corrected chi connectivity index (χ2v) is 7.11. The Kier molecular flexibility index (Phi) is 4.94. The van der Waals surface area contributed by atoms with Crippen molar-refractivity contribution >= 4 is 26.0 Å². The van der Waals surface area contributed by atoms with Gasteiger partial charge in [-0.25, -0.2) is 17.5 Å². The molecule has 19 heavy (non-hydrogen) atoms. The minimum atomic E-state index is -3.83. The molecule has 0 saturated carbocycles. The molecule has 1 aliphatic rings. The fourth-order valence-corrected chi connectivity index (χ4v) is 4.32. The summed E-state index contributed by atoms with van der Waals surface area (Å²) in [5.74, 6) is -0.751. The molecule has 1 heterocycles. The molecule has 1 aromatic carbocycles. The SMILES string of the molecule is O=S(=O)(NC[C@@H]1CCCCN1)c1c(F)cccc1Br. The normalized spacial score (nSPS) is 20.4. The molecule has 4 nitrogen and oxygen atoms in total. The summed E-state index contributed by atoms with van der Waals surface area (Å²) in [6.07, 6.45) is 3.13. The quantitative estimate of drug-likeness (QED) is 0.873. The summed E-state index contributed by atoms with van der Waals surface area (Å²) in [5, 5.41) is 3.24. The van der Waals surface area contributed by atoms with E-state index >= 15 is 0 Å². The van der Waals surface area contributed by atoms with E-state index in [1.807, 2.05) is 0 Å². The van der Waals surface area contributed by atoms with E-state index in [4.69, 9.17) is 0 Å². The van der Waals surface area contributed by atoms with E-state index in [0.717, 1.165) is 31.9 Å². The average Bonchev–Trinajstić information content (AvgIpc) is 2.37. The van der Waals surface area contributed by atoms with E-state index in [0.29, 0.717) is 0 Å². The fourth-order valence-electron chi connectivity index (χ4n) is 2.12. The third-order valence-electron chi connectivity index (χ3n) is 3.12. The van der Waals surface area contributed by atoms with E-state index < -0.39 is 15.8 Å². The lowest BCUT2D eigenvalue weighted by Gasteiger charge is -2.23. The first-order valence-electron chi connectivity index (χ1n) is 6.18. The van der Waals surface area contributed by atoms with Crippen molar-refractivity contribution < 1.29 is 12.8 Å². The Hall–Kier alpha value is -0.500. The van der Waals surface area contributed by atoms with Gasteiger partial charge in [0.25, 0.3) is 0 Å². The molecule has 1 atom stereocenters. The molecule has 0 unspecified atom stereocenters. The maximum absolute atomic E-state index is 13.6. The lowest BCUT2D eigenvalue weighted by Crippen LogP contribution is -2.43. The van der Waals surface area contributed by atoms with Gasteiger partial charge < -0.3 is 5.32 Å². The second kappa shape index (κ2) is 6.30. The van der Waals surface area contributed by atoms with Crippen molar-refractivity contribution in [1.29, 1.82) is 0 Å². The zero-order valence-electron chi connectivity index (χ0n) is 10.3. The van der Waals surface area contributed by atoms with Crippen LogP contribution in [0.25, 0.3) is 0 Å². The van der Waals surface area contributed by atoms with Gasteiger partial charge in [0.15, 0.2) is 0 Å². The number of sulfonamides is 1. The summed E-state index contributed by atoms with van der Waals surface area (Å²) >= 11 is 3.07. The molecule has 1 aromatic rings. The molecule has 1 fully saturated rings. The molecule has 1 aliphatic heterocycles. The predicted molar refractivity (Wildman–Crippen MR) is 74.9 cm³/mol. The van der Waals surface area contributed by atoms with Crippen molar-refractivity contribution in [2.24, 2.45) is 0 Å². The van der Waals surface area contributed by atoms with Gasteiger partial charge in [0.1, 0.15) is 10.7 Å². The topological polar surface area (TPSA) is 58.2 Å². The minimum absolute atomic E-state index is 0.120. The molecule has 1 saturated heterocycles. The van der Waals surface area contributed by atoms with Crippen LogP contribution in [0.5, 0.6) is 0 Å². The Bertz CT molecular complexity index is 524. The molecular weight excluding hydrogens is 335 g/mol. The number of benzene rings is 1. The van der Waals surface area contributed by atoms with Crippen molar-refractivity contribution in [3.05, 3.63) is 28.5 Å². The van der Waals surface area contributed by atoms with Gasteiger partial charge in [-0.2, -0.15) is 0 Å². The molecule has 0 radical (unpaired) electrons. The zero-order valence-corrected chi connectivity index (χ0v) is 12.7. The third kappa shape index (κ3) is 3.75. The monoisotopic (exact) mass is 350 g/mol. The molecule has 106 valence electrons. The van der Waals surface area contributed by atoms with Crippen LogP contribution >= 0.6 is 15.9 Å². The van der Waals surface area contributed by atoms with Crippen LogP contribution in [-0.4, -0.2) is 27.5 Å². The molecule has 2 N–H and O–H groups in total. The largest absolute Gasteiger partial charge is 0.313 e. The smallest absolute Gasteiger partial charge is 0.244 e. The highest BCUT2D eigenvalue weighted by Crippen LogP contribution is 2.24. The number of nitrogens with one attached hydrogen (secondary N) is 2. The third-order valence-corrected chi connectivity index (χ3v) is 5.54. The van der Waals surface area contributed by atoms with Crippen LogP contribution in [0.2, 0.25) is 0 Å². The van der Waals surface area contributed by atoms with Crippen molar-refractivity contribution in [2.75, 3.05) is 13.1 Å². The van der Waals surface area contributed by atoms with E-state index in [2.05, 4.69) is 26.0 Å². The van der Waals surface area contributed by atoms with Crippen LogP contribution in [0, 0.1) is 5.82 Å². The van der Waals surface area contributed by atoms with E-state index in [-0.39, 0.29) is 22.0 Å². The molecular formula is C12H16BrFN2O2S. The van der Waals surface area contributed by atoms with Crippen LogP contribution in [0.3, 0.4) is 0 Å². The minimum Gasteiger partial charge on any atom is -0.313 e. The highest BCUT2D eigenvalue weighted by Gasteiger charge is 2.23. The summed E-state index contributed by atoms with van der Waals surface area (Å²) in [4.78, 5) is -0.328. The molecule has 0 spiro atoms. The average molecular weight is 351 g/mol. The van der Waals surface area contributed by atoms with Gasteiger partial charge >= 0.3 is 0 Å². The predicted octanol–water partition coefficient (Wildman–Crippen LogP) is 2.01. The maximum atomic E-state index is 13.6. The Labute approximate surface area is 121 Å². The molecule has 0 aromatic heterocycles. The van der Waals surface area contributed by atoms with Gasteiger partial charge in [-0.3, -0.25) is 0 Å². The standard InChI is InChI=1S/C12H16BrFN2O2S/c13-10-5-3-6-11(14)12(10)19(17,18)16-8-9-4-1-2-7-15-9/h3,5-6,9,15-16H,1-2,4,7-8H2/t9-/m0/s1. The van der Waals surface area contributed by atoms with Crippen molar-refractivity contribution in [1.82, 2.24) is 10.0 Å². The molecule has 7 heteroatoms. The van der Waals surface area contributed by atoms with Gasteiger partial charge in [0, 0.05) is 17.1 Å². The highest BCUT2D eigenvalue weighted by molar-refractivity contribution is 9.10. The summed E-state index contributed by atoms with van der Waals surface area (Å²) < 4.78 is 40.6. The van der Waals surface area contributed by atoms with Crippen LogP contribution in [0.4, 0.5) is 4.39 Å². The van der Waals surface area contributed by atoms with E-state index in [1.54, 1.807) is 0 Å². The first kappa shape index (κ1) is 14.9. The van der Waals surface area contributed by atoms with Gasteiger partial charge in [-0.05, 0) is 47.4 Å². The lowest BCUT2D eigenvalue weighted by molar-refractivity contribution is 0.398. The lowest BCUT2D eigenvalue weighted by atomic mass is 10.1. The van der Waals surface area contributed by atoms with Gasteiger partial charge in [0.2, 0.25) is 10.0 Å². The van der Waals surface area contributed by atoms with Crippen LogP contribution < -0.4 is 10.0 Å². The Balaban J connectivity index is 2.09. The Morgan fingerprint density at radius 2 is 2.21 bits per heavy atom. The first-order valence-corrected chi connectivity index (χ1v) is 8.45. The summed E-state index contributed by atoms with van der Waals surface area (Å²) in [5.41, 5.74) is 0. The highest BCUT2D eigenvalue weighted by atomic mass is 79.9. The molecule has 0 bridgehead atoms. The number of piperidine rings is 1. The van der Waals surface area contributed by atoms with Crippen molar-refractivity contribution in [2.45, 2.75) is 30.2 Å². The van der Waals surface area contributed by atoms with E-state index in [9.17, 15) is 12.8 Å². The summed E-state index contributed by atoms with van der Waals surface area (Å²) in [6.45, 7) is 1.18. The van der Waals surface area contributed by atoms with Crippen LogP contribution in [0.15, 0.2) is 27.6 Å². The number of hydrogen-bond donors (Lipinski definition) is 2. The zero-order chi connectivity index (χ0) is 13.9. The fraction of sp³-hybridized carbons (Fsp3) is 0.500. The van der Waals surface area contributed by atoms with Crippen molar-refractivity contribution in [3.8, 4) is 0 Å². The van der Waals surface area contributed by atoms with Gasteiger partial charge in [-0.1, -0.05) is 12.5 Å². The summed E-state index contributed by atoms with van der Waals surface area (Å²) in [6, 6.07) is 4.23. The number of halogens is 2. The van der Waals surface area contributed by atoms with Gasteiger partial charge in [-0.15, -0.1) is 0 Å². The van der Waals surface area contributed by atoms with Gasteiger partial charge in [0.05, 0.1) is 0 Å². The Morgan fingerprint density at radius 1 is 1.42 bits per heavy atom.